The third-order valence-corrected chi connectivity index (χ3v) is 1.43. The zero-order valence-corrected chi connectivity index (χ0v) is 5.31. The molecule has 1 aliphatic rings. The Morgan fingerprint density at radius 2 is 2.20 bits per heavy atom. The van der Waals surface area contributed by atoms with Crippen molar-refractivity contribution in [2.75, 3.05) is 6.61 Å². The number of nitrogens with zero attached hydrogens (tertiary/aromatic N) is 1. The van der Waals surface area contributed by atoms with E-state index in [0.29, 0.717) is 0 Å². The summed E-state index contributed by atoms with van der Waals surface area (Å²) in [7, 11) is 0. The zero-order chi connectivity index (χ0) is 7.56. The summed E-state index contributed by atoms with van der Waals surface area (Å²) in [6.07, 6.45) is -0.752. The Bertz CT molecular complexity index is 139. The molecule has 0 bridgehead atoms. The van der Waals surface area contributed by atoms with E-state index in [4.69, 9.17) is 15.3 Å². The highest BCUT2D eigenvalue weighted by Gasteiger charge is 2.27. The monoisotopic (exact) mass is 147 g/mol. The van der Waals surface area contributed by atoms with Gasteiger partial charge in [-0.15, -0.1) is 0 Å². The Morgan fingerprint density at radius 1 is 1.50 bits per heavy atom. The molecule has 3 atom stereocenters. The van der Waals surface area contributed by atoms with Crippen LogP contribution in [0.4, 0.5) is 0 Å². The molecular weight excluding hydrogens is 137 g/mol. The number of aliphatic hydroxyl groups excluding tert-OH is 3. The lowest BCUT2D eigenvalue weighted by Crippen LogP contribution is -2.50. The van der Waals surface area contributed by atoms with Crippen LogP contribution in [0.1, 0.15) is 0 Å². The summed E-state index contributed by atoms with van der Waals surface area (Å²) in [4.78, 5) is 0. The topological polar surface area (TPSA) is 85.1 Å². The zero-order valence-electron chi connectivity index (χ0n) is 5.31. The highest BCUT2D eigenvalue weighted by Crippen LogP contribution is 2.01. The van der Waals surface area contributed by atoms with Crippen molar-refractivity contribution in [3.63, 3.8) is 0 Å². The molecule has 1 heterocycles. The molecule has 0 aliphatic carbocycles. The molecule has 0 aromatic carbocycles. The third-order valence-electron chi connectivity index (χ3n) is 1.43. The molecule has 0 spiro atoms. The van der Waals surface area contributed by atoms with Gasteiger partial charge in [0.25, 0.3) is 0 Å². The van der Waals surface area contributed by atoms with E-state index < -0.39 is 18.2 Å². The first-order chi connectivity index (χ1) is 4.75. The Balaban J connectivity index is 2.56. The smallest absolute Gasteiger partial charge is 0.119 e. The van der Waals surface area contributed by atoms with Crippen molar-refractivity contribution in [2.45, 2.75) is 18.2 Å². The minimum atomic E-state index is -0.974. The summed E-state index contributed by atoms with van der Waals surface area (Å²) in [5, 5.41) is 30.1. The largest absolute Gasteiger partial charge is 0.394 e. The summed E-state index contributed by atoms with van der Waals surface area (Å²) >= 11 is 0. The lowest BCUT2D eigenvalue weighted by atomic mass is 10.2. The fourth-order valence-corrected chi connectivity index (χ4v) is 0.767. The average Bonchev–Trinajstić information content (AvgIpc) is 1.95. The Morgan fingerprint density at radius 3 is 2.70 bits per heavy atom. The van der Waals surface area contributed by atoms with E-state index in [2.05, 4.69) is 10.5 Å². The highest BCUT2D eigenvalue weighted by atomic mass is 16.3. The number of hydrazone groups is 1. The van der Waals surface area contributed by atoms with Gasteiger partial charge in [-0.2, -0.15) is 5.10 Å². The summed E-state index contributed by atoms with van der Waals surface area (Å²) < 4.78 is 0. The maximum absolute atomic E-state index is 9.07. The molecule has 0 saturated heterocycles. The number of aliphatic hydroxyl groups is 3. The first kappa shape index (κ1) is 7.46. The molecule has 0 aromatic heterocycles. The van der Waals surface area contributed by atoms with Gasteiger partial charge in [0.1, 0.15) is 12.2 Å². The molecule has 10 heavy (non-hydrogen) atoms. The molecule has 5 heteroatoms. The van der Waals surface area contributed by atoms with Gasteiger partial charge in [0.05, 0.1) is 18.9 Å². The first-order valence-electron chi connectivity index (χ1n) is 3.01. The lowest BCUT2D eigenvalue weighted by molar-refractivity contribution is 0.0107. The number of hydrogen-bond acceptors (Lipinski definition) is 5. The van der Waals surface area contributed by atoms with Gasteiger partial charge < -0.3 is 20.7 Å². The van der Waals surface area contributed by atoms with Crippen LogP contribution in [0.3, 0.4) is 0 Å². The lowest BCUT2D eigenvalue weighted by Gasteiger charge is -2.26. The molecule has 0 fully saturated rings. The van der Waals surface area contributed by atoms with E-state index in [1.165, 1.54) is 6.21 Å². The van der Waals surface area contributed by atoms with Crippen LogP contribution in [0.25, 0.3) is 0 Å². The van der Waals surface area contributed by atoms with Gasteiger partial charge in [-0.05, 0) is 0 Å². The van der Waals surface area contributed by atoms with Crippen molar-refractivity contribution in [1.82, 2.24) is 5.43 Å². The van der Waals surface area contributed by atoms with Crippen LogP contribution in [0.15, 0.2) is 5.10 Å². The molecule has 1 aliphatic heterocycles. The standard InChI is InChI=1S/C5H10N2O3/c8-2-3-5(10)4(9)1-6-7-3/h1,3-5,7-10H,2H2/t3-,4-,5-/m1/s1/i3+1. The summed E-state index contributed by atoms with van der Waals surface area (Å²) in [5.41, 5.74) is 2.46. The van der Waals surface area contributed by atoms with Crippen molar-refractivity contribution in [1.29, 1.82) is 0 Å². The van der Waals surface area contributed by atoms with Gasteiger partial charge >= 0.3 is 0 Å². The molecule has 0 aromatic rings. The van der Waals surface area contributed by atoms with Gasteiger partial charge in [0, 0.05) is 0 Å². The van der Waals surface area contributed by atoms with E-state index in [0.717, 1.165) is 0 Å². The van der Waals surface area contributed by atoms with E-state index in [9.17, 15) is 0 Å². The number of rotatable bonds is 1. The van der Waals surface area contributed by atoms with Crippen LogP contribution >= 0.6 is 0 Å². The van der Waals surface area contributed by atoms with E-state index in [1.54, 1.807) is 0 Å². The summed E-state index contributed by atoms with van der Waals surface area (Å²) in [6, 6.07) is -0.556. The molecule has 0 amide bonds. The van der Waals surface area contributed by atoms with Gasteiger partial charge in [-0.25, -0.2) is 0 Å². The second kappa shape index (κ2) is 2.96. The van der Waals surface area contributed by atoms with Crippen LogP contribution in [-0.2, 0) is 0 Å². The highest BCUT2D eigenvalue weighted by molar-refractivity contribution is 5.64. The Kier molecular flexibility index (Phi) is 2.21. The van der Waals surface area contributed by atoms with Crippen LogP contribution in [-0.4, -0.2) is 46.4 Å². The predicted molar refractivity (Wildman–Crippen MR) is 34.5 cm³/mol. The van der Waals surface area contributed by atoms with Crippen molar-refractivity contribution in [3.8, 4) is 0 Å². The minimum absolute atomic E-state index is 0.241. The maximum atomic E-state index is 9.07. The molecule has 0 saturated carbocycles. The SMILES string of the molecule is OC[13C@H]1NN=C[C@@H](O)[C@@H]1O. The van der Waals surface area contributed by atoms with E-state index in [1.807, 2.05) is 0 Å². The van der Waals surface area contributed by atoms with Gasteiger partial charge in [0.15, 0.2) is 0 Å². The first-order valence-corrected chi connectivity index (χ1v) is 3.01. The van der Waals surface area contributed by atoms with Crippen LogP contribution in [0.2, 0.25) is 0 Å². The molecule has 58 valence electrons. The van der Waals surface area contributed by atoms with Crippen molar-refractivity contribution < 1.29 is 15.3 Å². The predicted octanol–water partition coefficient (Wildman–Crippen LogP) is -2.34. The fourth-order valence-electron chi connectivity index (χ4n) is 0.767. The average molecular weight is 147 g/mol. The van der Waals surface area contributed by atoms with E-state index >= 15 is 0 Å². The molecule has 5 nitrogen and oxygen atoms in total. The third kappa shape index (κ3) is 1.26. The maximum Gasteiger partial charge on any atom is 0.119 e. The second-order valence-corrected chi connectivity index (χ2v) is 2.18. The fraction of sp³-hybridized carbons (Fsp3) is 0.800. The molecule has 1 rings (SSSR count). The number of nitrogens with one attached hydrogen (secondary N) is 1. The Hall–Kier alpha value is -0.650. The molecule has 0 unspecified atom stereocenters. The van der Waals surface area contributed by atoms with Crippen molar-refractivity contribution in [3.05, 3.63) is 0 Å². The molecular formula is C5H10N2O3. The molecule has 4 N–H and O–H groups in total. The van der Waals surface area contributed by atoms with Crippen molar-refractivity contribution in [2.24, 2.45) is 5.10 Å². The van der Waals surface area contributed by atoms with Crippen molar-refractivity contribution >= 4 is 6.21 Å². The summed E-state index contributed by atoms with van der Waals surface area (Å²) in [5.74, 6) is 0. The second-order valence-electron chi connectivity index (χ2n) is 2.18. The Labute approximate surface area is 58.0 Å². The number of hydrogen-bond donors (Lipinski definition) is 4. The van der Waals surface area contributed by atoms with Crippen LogP contribution in [0, 0.1) is 0 Å². The van der Waals surface area contributed by atoms with Gasteiger partial charge in [-0.1, -0.05) is 0 Å². The van der Waals surface area contributed by atoms with Gasteiger partial charge in [-0.3, -0.25) is 0 Å². The summed E-state index contributed by atoms with van der Waals surface area (Å²) in [6.45, 7) is -0.241. The normalized spacial score (nSPS) is 39.3. The van der Waals surface area contributed by atoms with E-state index in [-0.39, 0.29) is 6.61 Å². The van der Waals surface area contributed by atoms with Crippen LogP contribution < -0.4 is 5.43 Å². The minimum Gasteiger partial charge on any atom is -0.394 e. The van der Waals surface area contributed by atoms with Crippen LogP contribution in [0.5, 0.6) is 0 Å². The quantitative estimate of drug-likeness (QED) is 0.313. The molecule has 0 radical (unpaired) electrons. The van der Waals surface area contributed by atoms with Gasteiger partial charge in [0.2, 0.25) is 0 Å².